The van der Waals surface area contributed by atoms with Crippen LogP contribution in [0.1, 0.15) is 5.56 Å². The molecule has 0 bridgehead atoms. The zero-order valence-electron chi connectivity index (χ0n) is 6.36. The van der Waals surface area contributed by atoms with Gasteiger partial charge in [-0.1, -0.05) is 17.7 Å². The minimum Gasteiger partial charge on any atom is -0.327 e. The Morgan fingerprint density at radius 3 is 2.75 bits per heavy atom. The summed E-state index contributed by atoms with van der Waals surface area (Å²) in [6, 6.07) is 3.75. The van der Waals surface area contributed by atoms with Crippen LogP contribution in [0.5, 0.6) is 0 Å². The van der Waals surface area contributed by atoms with Crippen LogP contribution in [0.3, 0.4) is 0 Å². The van der Waals surface area contributed by atoms with E-state index in [4.69, 9.17) is 23.2 Å². The van der Waals surface area contributed by atoms with Crippen LogP contribution >= 0.6 is 23.2 Å². The van der Waals surface area contributed by atoms with Gasteiger partial charge in [0.2, 0.25) is 5.28 Å². The highest BCUT2D eigenvalue weighted by molar-refractivity contribution is 6.35. The van der Waals surface area contributed by atoms with E-state index >= 15 is 0 Å². The number of aromatic amines is 1. The molecular weight excluding hydrogens is 195 g/mol. The average Bonchev–Trinajstić information content (AvgIpc) is 2.41. The first-order valence-electron chi connectivity index (χ1n) is 3.49. The third-order valence-corrected chi connectivity index (χ3v) is 2.26. The van der Waals surface area contributed by atoms with Crippen LogP contribution in [0.4, 0.5) is 0 Å². The molecule has 1 N–H and O–H groups in total. The quantitative estimate of drug-likeness (QED) is 0.696. The SMILES string of the molecule is Cc1ccc(Cl)c2[nH]c(Cl)nc12. The lowest BCUT2D eigenvalue weighted by atomic mass is 10.2. The average molecular weight is 201 g/mol. The van der Waals surface area contributed by atoms with Gasteiger partial charge in [-0.15, -0.1) is 0 Å². The van der Waals surface area contributed by atoms with Crippen molar-refractivity contribution in [3.05, 3.63) is 28.0 Å². The Labute approximate surface area is 79.5 Å². The molecule has 0 saturated heterocycles. The molecule has 0 amide bonds. The number of aromatic nitrogens is 2. The lowest BCUT2D eigenvalue weighted by Gasteiger charge is -1.94. The molecule has 1 aromatic heterocycles. The number of fused-ring (bicyclic) bond motifs is 1. The van der Waals surface area contributed by atoms with Crippen molar-refractivity contribution in [2.75, 3.05) is 0 Å². The maximum atomic E-state index is 5.91. The zero-order chi connectivity index (χ0) is 8.72. The third-order valence-electron chi connectivity index (χ3n) is 1.77. The number of nitrogens with zero attached hydrogens (tertiary/aromatic N) is 1. The van der Waals surface area contributed by atoms with Crippen molar-refractivity contribution in [2.45, 2.75) is 6.92 Å². The number of imidazole rings is 1. The Bertz CT molecular complexity index is 395. The molecule has 0 spiro atoms. The molecule has 0 unspecified atom stereocenters. The third kappa shape index (κ3) is 1.08. The van der Waals surface area contributed by atoms with Gasteiger partial charge in [-0.3, -0.25) is 0 Å². The summed E-state index contributed by atoms with van der Waals surface area (Å²) in [5.41, 5.74) is 2.71. The highest BCUT2D eigenvalue weighted by Gasteiger charge is 2.06. The second-order valence-corrected chi connectivity index (χ2v) is 3.38. The first-order chi connectivity index (χ1) is 5.68. The van der Waals surface area contributed by atoms with Crippen LogP contribution in [0.25, 0.3) is 11.0 Å². The van der Waals surface area contributed by atoms with Crippen LogP contribution in [0.15, 0.2) is 12.1 Å². The van der Waals surface area contributed by atoms with Gasteiger partial charge < -0.3 is 4.98 Å². The topological polar surface area (TPSA) is 28.7 Å². The molecular formula is C8H6Cl2N2. The monoisotopic (exact) mass is 200 g/mol. The molecule has 1 heterocycles. The summed E-state index contributed by atoms with van der Waals surface area (Å²) in [4.78, 5) is 6.99. The Morgan fingerprint density at radius 2 is 2.08 bits per heavy atom. The Balaban J connectivity index is 2.93. The van der Waals surface area contributed by atoms with Gasteiger partial charge in [-0.05, 0) is 30.2 Å². The second kappa shape index (κ2) is 2.64. The summed E-state index contributed by atoms with van der Waals surface area (Å²) in [5.74, 6) is 0. The van der Waals surface area contributed by atoms with Crippen molar-refractivity contribution in [3.8, 4) is 0 Å². The maximum Gasteiger partial charge on any atom is 0.201 e. The van der Waals surface area contributed by atoms with Crippen LogP contribution in [-0.4, -0.2) is 9.97 Å². The molecule has 12 heavy (non-hydrogen) atoms. The van der Waals surface area contributed by atoms with Gasteiger partial charge in [0.1, 0.15) is 0 Å². The lowest BCUT2D eigenvalue weighted by Crippen LogP contribution is -1.76. The van der Waals surface area contributed by atoms with Crippen LogP contribution in [0, 0.1) is 6.92 Å². The van der Waals surface area contributed by atoms with Gasteiger partial charge in [0.05, 0.1) is 16.1 Å². The second-order valence-electron chi connectivity index (χ2n) is 2.62. The number of hydrogen-bond acceptors (Lipinski definition) is 1. The van der Waals surface area contributed by atoms with Gasteiger partial charge in [-0.25, -0.2) is 4.98 Å². The van der Waals surface area contributed by atoms with Crippen LogP contribution in [0.2, 0.25) is 10.3 Å². The number of halogens is 2. The molecule has 0 fully saturated rings. The minimum atomic E-state index is 0.376. The van der Waals surface area contributed by atoms with E-state index < -0.39 is 0 Å². The molecule has 4 heteroatoms. The van der Waals surface area contributed by atoms with E-state index in [-0.39, 0.29) is 0 Å². The smallest absolute Gasteiger partial charge is 0.201 e. The fourth-order valence-electron chi connectivity index (χ4n) is 1.16. The number of benzene rings is 1. The molecule has 0 atom stereocenters. The predicted octanol–water partition coefficient (Wildman–Crippen LogP) is 3.18. The number of hydrogen-bond donors (Lipinski definition) is 1. The minimum absolute atomic E-state index is 0.376. The first-order valence-corrected chi connectivity index (χ1v) is 4.24. The van der Waals surface area contributed by atoms with E-state index in [9.17, 15) is 0 Å². The molecule has 62 valence electrons. The highest BCUT2D eigenvalue weighted by atomic mass is 35.5. The van der Waals surface area contributed by atoms with E-state index in [1.165, 1.54) is 0 Å². The highest BCUT2D eigenvalue weighted by Crippen LogP contribution is 2.25. The zero-order valence-corrected chi connectivity index (χ0v) is 7.87. The summed E-state index contributed by atoms with van der Waals surface area (Å²) < 4.78 is 0. The Morgan fingerprint density at radius 1 is 1.33 bits per heavy atom. The lowest BCUT2D eigenvalue weighted by molar-refractivity contribution is 1.34. The standard InChI is InChI=1S/C8H6Cl2N2/c1-4-2-3-5(9)7-6(4)11-8(10)12-7/h2-3H,1H3,(H,11,12). The van der Waals surface area contributed by atoms with E-state index in [1.54, 1.807) is 0 Å². The number of H-pyrrole nitrogens is 1. The van der Waals surface area contributed by atoms with Gasteiger partial charge in [0.15, 0.2) is 0 Å². The molecule has 1 aromatic carbocycles. The molecule has 0 aliphatic carbocycles. The summed E-state index contributed by atoms with van der Waals surface area (Å²) in [7, 11) is 0. The Hall–Kier alpha value is -0.730. The van der Waals surface area contributed by atoms with Crippen molar-refractivity contribution < 1.29 is 0 Å². The number of nitrogens with one attached hydrogen (secondary N) is 1. The molecule has 0 radical (unpaired) electrons. The number of aryl methyl sites for hydroxylation is 1. The van der Waals surface area contributed by atoms with Crippen LogP contribution in [-0.2, 0) is 0 Å². The van der Waals surface area contributed by atoms with E-state index in [2.05, 4.69) is 9.97 Å². The van der Waals surface area contributed by atoms with E-state index in [0.717, 1.165) is 16.6 Å². The summed E-state index contributed by atoms with van der Waals surface area (Å²) in [6.07, 6.45) is 0. The molecule has 2 aromatic rings. The Kier molecular flexibility index (Phi) is 1.74. The fourth-order valence-corrected chi connectivity index (χ4v) is 1.54. The molecule has 2 rings (SSSR count). The first kappa shape index (κ1) is 7.90. The summed E-state index contributed by atoms with van der Waals surface area (Å²) in [5, 5.41) is 1.02. The van der Waals surface area contributed by atoms with Crippen LogP contribution < -0.4 is 0 Å². The number of rotatable bonds is 0. The van der Waals surface area contributed by atoms with E-state index in [1.807, 2.05) is 19.1 Å². The van der Waals surface area contributed by atoms with Crippen molar-refractivity contribution in [3.63, 3.8) is 0 Å². The summed E-state index contributed by atoms with van der Waals surface area (Å²) in [6.45, 7) is 1.97. The van der Waals surface area contributed by atoms with Crippen molar-refractivity contribution in [2.24, 2.45) is 0 Å². The van der Waals surface area contributed by atoms with Gasteiger partial charge >= 0.3 is 0 Å². The molecule has 0 saturated carbocycles. The largest absolute Gasteiger partial charge is 0.327 e. The predicted molar refractivity (Wildman–Crippen MR) is 50.9 cm³/mol. The van der Waals surface area contributed by atoms with Gasteiger partial charge in [0, 0.05) is 0 Å². The van der Waals surface area contributed by atoms with E-state index in [0.29, 0.717) is 10.3 Å². The normalized spacial score (nSPS) is 10.9. The molecule has 0 aliphatic heterocycles. The maximum absolute atomic E-state index is 5.91. The molecule has 0 aliphatic rings. The fraction of sp³-hybridized carbons (Fsp3) is 0.125. The van der Waals surface area contributed by atoms with Gasteiger partial charge in [0.25, 0.3) is 0 Å². The van der Waals surface area contributed by atoms with Gasteiger partial charge in [-0.2, -0.15) is 0 Å². The van der Waals surface area contributed by atoms with Crippen molar-refractivity contribution in [1.82, 2.24) is 9.97 Å². The van der Waals surface area contributed by atoms with Crippen molar-refractivity contribution >= 4 is 34.2 Å². The van der Waals surface area contributed by atoms with Crippen molar-refractivity contribution in [1.29, 1.82) is 0 Å². The molecule has 2 nitrogen and oxygen atoms in total. The summed E-state index contributed by atoms with van der Waals surface area (Å²) >= 11 is 11.6.